The van der Waals surface area contributed by atoms with E-state index in [0.717, 1.165) is 6.42 Å². The first-order valence-electron chi connectivity index (χ1n) is 5.29. The summed E-state index contributed by atoms with van der Waals surface area (Å²) in [5.41, 5.74) is 0.366. The molecule has 0 aliphatic heterocycles. The minimum atomic E-state index is -0.739. The molecule has 0 amide bonds. The van der Waals surface area contributed by atoms with Gasteiger partial charge in [0.1, 0.15) is 5.82 Å². The van der Waals surface area contributed by atoms with Crippen molar-refractivity contribution in [1.82, 2.24) is 0 Å². The fraction of sp³-hybridized carbons (Fsp3) is 0.500. The Morgan fingerprint density at radius 3 is 2.81 bits per heavy atom. The van der Waals surface area contributed by atoms with Crippen molar-refractivity contribution in [2.75, 3.05) is 5.75 Å². The Balaban J connectivity index is 2.66. The maximum absolute atomic E-state index is 13.6. The van der Waals surface area contributed by atoms with Crippen molar-refractivity contribution in [2.24, 2.45) is 0 Å². The third-order valence-corrected chi connectivity index (χ3v) is 4.48. The molecule has 2 atom stereocenters. The zero-order chi connectivity index (χ0) is 12.1. The lowest BCUT2D eigenvalue weighted by Gasteiger charge is -2.14. The van der Waals surface area contributed by atoms with E-state index in [4.69, 9.17) is 0 Å². The summed E-state index contributed by atoms with van der Waals surface area (Å²) >= 11 is 4.78. The van der Waals surface area contributed by atoms with Crippen LogP contribution >= 0.6 is 27.7 Å². The fourth-order valence-corrected chi connectivity index (χ4v) is 2.55. The van der Waals surface area contributed by atoms with Crippen LogP contribution in [0.3, 0.4) is 0 Å². The summed E-state index contributed by atoms with van der Waals surface area (Å²) in [4.78, 5) is 0. The molecule has 0 bridgehead atoms. The molecule has 0 aromatic heterocycles. The van der Waals surface area contributed by atoms with Crippen molar-refractivity contribution in [3.63, 3.8) is 0 Å². The highest BCUT2D eigenvalue weighted by Crippen LogP contribution is 2.27. The Kier molecular flexibility index (Phi) is 5.79. The van der Waals surface area contributed by atoms with Crippen LogP contribution in [0.2, 0.25) is 0 Å². The summed E-state index contributed by atoms with van der Waals surface area (Å²) in [6, 6.07) is 4.99. The molecule has 0 spiro atoms. The molecule has 1 nitrogen and oxygen atoms in total. The summed E-state index contributed by atoms with van der Waals surface area (Å²) in [5, 5.41) is 10.4. The molecule has 4 heteroatoms. The van der Waals surface area contributed by atoms with Crippen LogP contribution in [0.4, 0.5) is 4.39 Å². The van der Waals surface area contributed by atoms with Gasteiger partial charge in [0.2, 0.25) is 0 Å². The number of hydrogen-bond donors (Lipinski definition) is 1. The van der Waals surface area contributed by atoms with Crippen LogP contribution in [-0.4, -0.2) is 16.1 Å². The Morgan fingerprint density at radius 1 is 1.50 bits per heavy atom. The molecule has 1 aromatic rings. The summed E-state index contributed by atoms with van der Waals surface area (Å²) < 4.78 is 14.0. The van der Waals surface area contributed by atoms with E-state index in [0.29, 0.717) is 21.0 Å². The van der Waals surface area contributed by atoms with Gasteiger partial charge >= 0.3 is 0 Å². The van der Waals surface area contributed by atoms with Gasteiger partial charge in [-0.1, -0.05) is 26.0 Å². The van der Waals surface area contributed by atoms with Crippen molar-refractivity contribution >= 4 is 27.7 Å². The van der Waals surface area contributed by atoms with E-state index in [9.17, 15) is 9.50 Å². The number of rotatable bonds is 5. The van der Waals surface area contributed by atoms with Gasteiger partial charge in [-0.3, -0.25) is 0 Å². The largest absolute Gasteiger partial charge is 0.387 e. The average molecular weight is 307 g/mol. The molecular weight excluding hydrogens is 291 g/mol. The number of benzene rings is 1. The molecule has 0 aliphatic carbocycles. The number of halogens is 2. The summed E-state index contributed by atoms with van der Waals surface area (Å²) in [7, 11) is 0. The van der Waals surface area contributed by atoms with Crippen molar-refractivity contribution < 1.29 is 9.50 Å². The zero-order valence-corrected chi connectivity index (χ0v) is 11.8. The van der Waals surface area contributed by atoms with Gasteiger partial charge in [0.05, 0.1) is 10.6 Å². The van der Waals surface area contributed by atoms with Crippen LogP contribution in [0.25, 0.3) is 0 Å². The molecule has 90 valence electrons. The second-order valence-corrected chi connectivity index (χ2v) is 6.04. The zero-order valence-electron chi connectivity index (χ0n) is 9.41. The molecule has 0 aliphatic rings. The van der Waals surface area contributed by atoms with Crippen molar-refractivity contribution in [1.29, 1.82) is 0 Å². The van der Waals surface area contributed by atoms with E-state index in [1.807, 2.05) is 0 Å². The SMILES string of the molecule is CCC(C)SCC(O)c1cccc(Br)c1F. The van der Waals surface area contributed by atoms with E-state index in [1.54, 1.807) is 30.0 Å². The van der Waals surface area contributed by atoms with E-state index < -0.39 is 6.10 Å². The predicted octanol–water partition coefficient (Wildman–Crippen LogP) is 4.15. The number of thioether (sulfide) groups is 1. The first-order valence-corrected chi connectivity index (χ1v) is 7.14. The summed E-state index contributed by atoms with van der Waals surface area (Å²) in [6.07, 6.45) is 0.315. The van der Waals surface area contributed by atoms with E-state index in [-0.39, 0.29) is 5.82 Å². The normalized spacial score (nSPS) is 14.8. The van der Waals surface area contributed by atoms with Gasteiger partial charge in [-0.25, -0.2) is 4.39 Å². The Morgan fingerprint density at radius 2 is 2.19 bits per heavy atom. The molecule has 1 aromatic carbocycles. The number of hydrogen-bond acceptors (Lipinski definition) is 2. The van der Waals surface area contributed by atoms with E-state index in [1.165, 1.54) is 0 Å². The fourth-order valence-electron chi connectivity index (χ4n) is 1.24. The van der Waals surface area contributed by atoms with Gasteiger partial charge in [0.25, 0.3) is 0 Å². The van der Waals surface area contributed by atoms with E-state index >= 15 is 0 Å². The second-order valence-electron chi connectivity index (χ2n) is 3.71. The van der Waals surface area contributed by atoms with Crippen LogP contribution in [0.1, 0.15) is 31.9 Å². The smallest absolute Gasteiger partial charge is 0.143 e. The van der Waals surface area contributed by atoms with Crippen LogP contribution in [0, 0.1) is 5.82 Å². The van der Waals surface area contributed by atoms with E-state index in [2.05, 4.69) is 29.8 Å². The van der Waals surface area contributed by atoms with Gasteiger partial charge in [0, 0.05) is 16.6 Å². The second kappa shape index (κ2) is 6.62. The monoisotopic (exact) mass is 306 g/mol. The van der Waals surface area contributed by atoms with Gasteiger partial charge < -0.3 is 5.11 Å². The molecule has 1 rings (SSSR count). The maximum atomic E-state index is 13.6. The van der Waals surface area contributed by atoms with Crippen molar-refractivity contribution in [3.05, 3.63) is 34.1 Å². The van der Waals surface area contributed by atoms with Gasteiger partial charge in [-0.05, 0) is 28.4 Å². The molecule has 0 heterocycles. The molecular formula is C12H16BrFOS. The highest BCUT2D eigenvalue weighted by atomic mass is 79.9. The van der Waals surface area contributed by atoms with Gasteiger partial charge in [-0.2, -0.15) is 11.8 Å². The first kappa shape index (κ1) is 14.0. The molecule has 0 saturated carbocycles. The maximum Gasteiger partial charge on any atom is 0.143 e. The third-order valence-electron chi connectivity index (χ3n) is 2.45. The Hall–Kier alpha value is -0.0600. The molecule has 16 heavy (non-hydrogen) atoms. The highest BCUT2D eigenvalue weighted by molar-refractivity contribution is 9.10. The van der Waals surface area contributed by atoms with Crippen LogP contribution in [0.5, 0.6) is 0 Å². The highest BCUT2D eigenvalue weighted by Gasteiger charge is 2.15. The molecule has 0 saturated heterocycles. The van der Waals surface area contributed by atoms with Crippen LogP contribution in [-0.2, 0) is 0 Å². The molecule has 1 N–H and O–H groups in total. The lowest BCUT2D eigenvalue weighted by atomic mass is 10.1. The molecule has 0 fully saturated rings. The number of aliphatic hydroxyl groups is 1. The summed E-state index contributed by atoms with van der Waals surface area (Å²) in [6.45, 7) is 4.21. The predicted molar refractivity (Wildman–Crippen MR) is 71.3 cm³/mol. The topological polar surface area (TPSA) is 20.2 Å². The standard InChI is InChI=1S/C12H16BrFOS/c1-3-8(2)16-7-11(15)9-5-4-6-10(13)12(9)14/h4-6,8,11,15H,3,7H2,1-2H3. The average Bonchev–Trinajstić information content (AvgIpc) is 2.29. The quantitative estimate of drug-likeness (QED) is 0.881. The number of aliphatic hydroxyl groups excluding tert-OH is 1. The first-order chi connectivity index (χ1) is 7.56. The minimum Gasteiger partial charge on any atom is -0.387 e. The van der Waals surface area contributed by atoms with Gasteiger partial charge in [0.15, 0.2) is 0 Å². The lowest BCUT2D eigenvalue weighted by Crippen LogP contribution is -2.06. The molecule has 0 radical (unpaired) electrons. The Labute approximate surface area is 109 Å². The minimum absolute atomic E-state index is 0.361. The van der Waals surface area contributed by atoms with Crippen molar-refractivity contribution in [2.45, 2.75) is 31.6 Å². The lowest BCUT2D eigenvalue weighted by molar-refractivity contribution is 0.198. The molecule has 2 unspecified atom stereocenters. The Bertz CT molecular complexity index is 346. The third kappa shape index (κ3) is 3.75. The van der Waals surface area contributed by atoms with Gasteiger partial charge in [-0.15, -0.1) is 0 Å². The summed E-state index contributed by atoms with van der Waals surface area (Å²) in [5.74, 6) is 0.169. The van der Waals surface area contributed by atoms with Crippen LogP contribution in [0.15, 0.2) is 22.7 Å². The van der Waals surface area contributed by atoms with Crippen molar-refractivity contribution in [3.8, 4) is 0 Å². The van der Waals surface area contributed by atoms with Crippen LogP contribution < -0.4 is 0 Å².